The average Bonchev–Trinajstić information content (AvgIpc) is 2.33. The fourth-order valence-corrected chi connectivity index (χ4v) is 2.24. The predicted octanol–water partition coefficient (Wildman–Crippen LogP) is 2.34. The van der Waals surface area contributed by atoms with Crippen molar-refractivity contribution < 1.29 is 18.3 Å². The van der Waals surface area contributed by atoms with Gasteiger partial charge in [0, 0.05) is 10.6 Å². The summed E-state index contributed by atoms with van der Waals surface area (Å²) in [5, 5.41) is 0. The van der Waals surface area contributed by atoms with Gasteiger partial charge in [-0.15, -0.1) is 11.8 Å². The zero-order valence-corrected chi connectivity index (χ0v) is 10.8. The zero-order valence-electron chi connectivity index (χ0n) is 9.99. The number of halogens is 2. The van der Waals surface area contributed by atoms with E-state index in [2.05, 4.69) is 0 Å². The Morgan fingerprint density at radius 2 is 2.22 bits per heavy atom. The van der Waals surface area contributed by atoms with Gasteiger partial charge in [0.15, 0.2) is 0 Å². The zero-order chi connectivity index (χ0) is 13.5. The van der Waals surface area contributed by atoms with Crippen molar-refractivity contribution >= 4 is 17.7 Å². The summed E-state index contributed by atoms with van der Waals surface area (Å²) in [6, 6.07) is 2.52. The molecule has 18 heavy (non-hydrogen) atoms. The van der Waals surface area contributed by atoms with E-state index in [0.717, 1.165) is 30.0 Å². The van der Waals surface area contributed by atoms with Gasteiger partial charge in [0.2, 0.25) is 0 Å². The van der Waals surface area contributed by atoms with Crippen LogP contribution in [-0.2, 0) is 9.53 Å². The average molecular weight is 275 g/mol. The molecule has 3 nitrogen and oxygen atoms in total. The van der Waals surface area contributed by atoms with Crippen LogP contribution in [0.25, 0.3) is 0 Å². The number of benzene rings is 1. The number of hydrogen-bond donors (Lipinski definition) is 1. The van der Waals surface area contributed by atoms with Gasteiger partial charge in [0.05, 0.1) is 6.61 Å². The van der Waals surface area contributed by atoms with E-state index in [1.165, 1.54) is 0 Å². The van der Waals surface area contributed by atoms with Gasteiger partial charge < -0.3 is 10.5 Å². The highest BCUT2D eigenvalue weighted by atomic mass is 32.2. The molecule has 0 saturated carbocycles. The molecule has 0 aromatic heterocycles. The number of carbonyl (C=O) groups is 1. The first kappa shape index (κ1) is 14.9. The van der Waals surface area contributed by atoms with Crippen LogP contribution in [0.15, 0.2) is 23.1 Å². The highest BCUT2D eigenvalue weighted by Gasteiger charge is 2.14. The van der Waals surface area contributed by atoms with Crippen LogP contribution in [0.4, 0.5) is 8.78 Å². The van der Waals surface area contributed by atoms with E-state index in [1.807, 2.05) is 0 Å². The van der Waals surface area contributed by atoms with E-state index >= 15 is 0 Å². The molecule has 100 valence electrons. The fraction of sp³-hybridized carbons (Fsp3) is 0.417. The maximum atomic E-state index is 13.3. The minimum Gasteiger partial charge on any atom is -0.465 e. The van der Waals surface area contributed by atoms with Gasteiger partial charge in [-0.3, -0.25) is 4.79 Å². The van der Waals surface area contributed by atoms with Crippen molar-refractivity contribution in [2.24, 2.45) is 5.73 Å². The van der Waals surface area contributed by atoms with E-state index in [0.29, 0.717) is 12.2 Å². The molecule has 1 unspecified atom stereocenters. The Morgan fingerprint density at radius 3 is 2.89 bits per heavy atom. The molecule has 0 aliphatic carbocycles. The van der Waals surface area contributed by atoms with Gasteiger partial charge >= 0.3 is 5.97 Å². The SMILES string of the molecule is CCOC(=O)C(N)CCSc1cc(F)ccc1F. The Morgan fingerprint density at radius 1 is 1.50 bits per heavy atom. The molecular weight excluding hydrogens is 260 g/mol. The van der Waals surface area contributed by atoms with Crippen LogP contribution in [0, 0.1) is 11.6 Å². The second-order valence-corrected chi connectivity index (χ2v) is 4.71. The van der Waals surface area contributed by atoms with Crippen molar-refractivity contribution in [1.29, 1.82) is 0 Å². The Labute approximate surface area is 109 Å². The summed E-state index contributed by atoms with van der Waals surface area (Å²) in [5.41, 5.74) is 5.58. The van der Waals surface area contributed by atoms with Crippen LogP contribution >= 0.6 is 11.8 Å². The first-order valence-corrected chi connectivity index (χ1v) is 6.53. The Balaban J connectivity index is 2.41. The quantitative estimate of drug-likeness (QED) is 0.639. The maximum Gasteiger partial charge on any atom is 0.322 e. The van der Waals surface area contributed by atoms with Crippen molar-refractivity contribution in [3.8, 4) is 0 Å². The molecule has 0 amide bonds. The molecule has 1 atom stereocenters. The minimum atomic E-state index is -0.728. The molecule has 0 saturated heterocycles. The van der Waals surface area contributed by atoms with Crippen LogP contribution in [-0.4, -0.2) is 24.4 Å². The molecule has 1 rings (SSSR count). The molecule has 0 spiro atoms. The molecule has 0 heterocycles. The first-order chi connectivity index (χ1) is 8.54. The van der Waals surface area contributed by atoms with Crippen molar-refractivity contribution in [2.75, 3.05) is 12.4 Å². The van der Waals surface area contributed by atoms with Crippen molar-refractivity contribution in [2.45, 2.75) is 24.3 Å². The van der Waals surface area contributed by atoms with Crippen molar-refractivity contribution in [3.05, 3.63) is 29.8 Å². The highest BCUT2D eigenvalue weighted by molar-refractivity contribution is 7.99. The number of rotatable bonds is 6. The van der Waals surface area contributed by atoms with Crippen LogP contribution in [0.1, 0.15) is 13.3 Å². The topological polar surface area (TPSA) is 52.3 Å². The maximum absolute atomic E-state index is 13.3. The van der Waals surface area contributed by atoms with E-state index in [4.69, 9.17) is 10.5 Å². The highest BCUT2D eigenvalue weighted by Crippen LogP contribution is 2.23. The normalized spacial score (nSPS) is 12.2. The third kappa shape index (κ3) is 4.62. The molecule has 0 aliphatic heterocycles. The summed E-state index contributed by atoms with van der Waals surface area (Å²) < 4.78 is 30.9. The third-order valence-electron chi connectivity index (χ3n) is 2.17. The molecule has 0 bridgehead atoms. The Hall–Kier alpha value is -1.14. The summed E-state index contributed by atoms with van der Waals surface area (Å²) in [6.07, 6.45) is 0.347. The monoisotopic (exact) mass is 275 g/mol. The predicted molar refractivity (Wildman–Crippen MR) is 66.3 cm³/mol. The number of thioether (sulfide) groups is 1. The number of ether oxygens (including phenoxy) is 1. The fourth-order valence-electron chi connectivity index (χ4n) is 1.25. The standard InChI is InChI=1S/C12H15F2NO2S/c1-2-17-12(16)10(15)5-6-18-11-7-8(13)3-4-9(11)14/h3-4,7,10H,2,5-6,15H2,1H3. The molecule has 1 aromatic rings. The van der Waals surface area contributed by atoms with Crippen LogP contribution in [0.2, 0.25) is 0 Å². The second kappa shape index (κ2) is 7.33. The molecule has 1 aromatic carbocycles. The molecule has 2 N–H and O–H groups in total. The molecular formula is C12H15F2NO2S. The Kier molecular flexibility index (Phi) is 6.07. The van der Waals surface area contributed by atoms with E-state index in [9.17, 15) is 13.6 Å². The van der Waals surface area contributed by atoms with Gasteiger partial charge in [-0.1, -0.05) is 0 Å². The van der Waals surface area contributed by atoms with Gasteiger partial charge in [0.1, 0.15) is 17.7 Å². The number of nitrogens with two attached hydrogens (primary N) is 1. The number of esters is 1. The second-order valence-electron chi connectivity index (χ2n) is 3.57. The van der Waals surface area contributed by atoms with Gasteiger partial charge in [0.25, 0.3) is 0 Å². The smallest absolute Gasteiger partial charge is 0.322 e. The van der Waals surface area contributed by atoms with E-state index in [1.54, 1.807) is 6.92 Å². The lowest BCUT2D eigenvalue weighted by molar-refractivity contribution is -0.144. The van der Waals surface area contributed by atoms with E-state index < -0.39 is 23.6 Å². The van der Waals surface area contributed by atoms with E-state index in [-0.39, 0.29) is 11.5 Å². The van der Waals surface area contributed by atoms with Crippen molar-refractivity contribution in [1.82, 2.24) is 0 Å². The summed E-state index contributed by atoms with van der Waals surface area (Å²) in [4.78, 5) is 11.4. The lowest BCUT2D eigenvalue weighted by Crippen LogP contribution is -2.32. The third-order valence-corrected chi connectivity index (χ3v) is 3.23. The molecule has 6 heteroatoms. The van der Waals surface area contributed by atoms with Crippen LogP contribution in [0.5, 0.6) is 0 Å². The van der Waals surface area contributed by atoms with Gasteiger partial charge in [-0.25, -0.2) is 8.78 Å². The summed E-state index contributed by atoms with van der Waals surface area (Å²) in [5.74, 6) is -1.03. The van der Waals surface area contributed by atoms with Crippen LogP contribution in [0.3, 0.4) is 0 Å². The van der Waals surface area contributed by atoms with Crippen molar-refractivity contribution in [3.63, 3.8) is 0 Å². The number of hydrogen-bond acceptors (Lipinski definition) is 4. The minimum absolute atomic E-state index is 0.214. The summed E-state index contributed by atoms with van der Waals surface area (Å²) >= 11 is 1.12. The first-order valence-electron chi connectivity index (χ1n) is 5.54. The Bertz CT molecular complexity index is 415. The van der Waals surface area contributed by atoms with Gasteiger partial charge in [-0.2, -0.15) is 0 Å². The molecule has 0 fully saturated rings. The largest absolute Gasteiger partial charge is 0.465 e. The summed E-state index contributed by atoms with van der Waals surface area (Å²) in [6.45, 7) is 1.97. The lowest BCUT2D eigenvalue weighted by atomic mass is 10.2. The molecule has 0 aliphatic rings. The summed E-state index contributed by atoms with van der Waals surface area (Å²) in [7, 11) is 0. The number of carbonyl (C=O) groups excluding carboxylic acids is 1. The lowest BCUT2D eigenvalue weighted by Gasteiger charge is -2.10. The van der Waals surface area contributed by atoms with Gasteiger partial charge in [-0.05, 0) is 31.5 Å². The van der Waals surface area contributed by atoms with Crippen LogP contribution < -0.4 is 5.73 Å². The molecule has 0 radical (unpaired) electrons.